The summed E-state index contributed by atoms with van der Waals surface area (Å²) in [6, 6.07) is 9.71. The minimum absolute atomic E-state index is 0.0114. The summed E-state index contributed by atoms with van der Waals surface area (Å²) in [5.74, 6) is 0.827. The molecule has 6 nitrogen and oxygen atoms in total. The molecule has 1 saturated carbocycles. The summed E-state index contributed by atoms with van der Waals surface area (Å²) in [7, 11) is 0. The van der Waals surface area contributed by atoms with Gasteiger partial charge < -0.3 is 19.0 Å². The maximum Gasteiger partial charge on any atom is 0.242 e. The van der Waals surface area contributed by atoms with Gasteiger partial charge in [-0.05, 0) is 55.5 Å². The van der Waals surface area contributed by atoms with Gasteiger partial charge >= 0.3 is 0 Å². The molecular weight excluding hydrogens is 435 g/mol. The van der Waals surface area contributed by atoms with Gasteiger partial charge in [0.1, 0.15) is 11.6 Å². The number of halogens is 1. The van der Waals surface area contributed by atoms with Crippen LogP contribution >= 0.6 is 0 Å². The summed E-state index contributed by atoms with van der Waals surface area (Å²) in [6.07, 6.45) is 8.52. The lowest BCUT2D eigenvalue weighted by Gasteiger charge is -2.28. The van der Waals surface area contributed by atoms with E-state index in [0.717, 1.165) is 12.0 Å². The first-order valence-corrected chi connectivity index (χ1v) is 12.4. The van der Waals surface area contributed by atoms with Crippen molar-refractivity contribution >= 4 is 11.8 Å². The van der Waals surface area contributed by atoms with Crippen molar-refractivity contribution < 1.29 is 23.1 Å². The van der Waals surface area contributed by atoms with Gasteiger partial charge in [-0.1, -0.05) is 37.8 Å². The average molecular weight is 473 g/mol. The van der Waals surface area contributed by atoms with E-state index in [4.69, 9.17) is 9.15 Å². The second kappa shape index (κ2) is 13.9. The van der Waals surface area contributed by atoms with E-state index in [2.05, 4.69) is 0 Å². The van der Waals surface area contributed by atoms with E-state index in [9.17, 15) is 14.0 Å². The van der Waals surface area contributed by atoms with Gasteiger partial charge in [-0.15, -0.1) is 0 Å². The number of ether oxygens (including phenoxy) is 1. The predicted molar refractivity (Wildman–Crippen MR) is 128 cm³/mol. The molecule has 1 aromatic heterocycles. The first kappa shape index (κ1) is 25.9. The Labute approximate surface area is 202 Å². The number of carbonyl (C=O) groups excluding carboxylic acids is 2. The van der Waals surface area contributed by atoms with Crippen LogP contribution in [-0.4, -0.2) is 47.9 Å². The van der Waals surface area contributed by atoms with Crippen LogP contribution in [0.5, 0.6) is 0 Å². The molecule has 7 heteroatoms. The molecule has 0 bridgehead atoms. The molecule has 3 rings (SSSR count). The van der Waals surface area contributed by atoms with E-state index in [-0.39, 0.29) is 30.7 Å². The highest BCUT2D eigenvalue weighted by molar-refractivity contribution is 5.84. The highest BCUT2D eigenvalue weighted by Gasteiger charge is 2.24. The van der Waals surface area contributed by atoms with Crippen LogP contribution in [0.2, 0.25) is 0 Å². The van der Waals surface area contributed by atoms with Gasteiger partial charge in [-0.25, -0.2) is 4.39 Å². The number of hydrogen-bond donors (Lipinski definition) is 0. The van der Waals surface area contributed by atoms with Gasteiger partial charge in [0.05, 0.1) is 19.4 Å². The molecule has 1 aliphatic carbocycles. The fourth-order valence-electron chi connectivity index (χ4n) is 4.47. The SMILES string of the molecule is CCOCCCN(CC(=O)N(Cc1ccc(F)cc1)Cc1ccco1)C(=O)CCC1CCCC1. The number of carbonyl (C=O) groups is 2. The molecule has 0 atom stereocenters. The Hall–Kier alpha value is -2.67. The molecule has 0 N–H and O–H groups in total. The van der Waals surface area contributed by atoms with Crippen molar-refractivity contribution in [1.82, 2.24) is 9.80 Å². The van der Waals surface area contributed by atoms with Crippen molar-refractivity contribution in [2.24, 2.45) is 5.92 Å². The molecule has 0 spiro atoms. The molecule has 0 saturated heterocycles. The summed E-state index contributed by atoms with van der Waals surface area (Å²) >= 11 is 0. The highest BCUT2D eigenvalue weighted by Crippen LogP contribution is 2.28. The van der Waals surface area contributed by atoms with Crippen LogP contribution in [0.25, 0.3) is 0 Å². The third-order valence-corrected chi connectivity index (χ3v) is 6.41. The van der Waals surface area contributed by atoms with E-state index < -0.39 is 0 Å². The fourth-order valence-corrected chi connectivity index (χ4v) is 4.47. The van der Waals surface area contributed by atoms with Crippen LogP contribution in [0.4, 0.5) is 4.39 Å². The maximum absolute atomic E-state index is 13.4. The second-order valence-electron chi connectivity index (χ2n) is 9.01. The number of benzene rings is 1. The van der Waals surface area contributed by atoms with Gasteiger partial charge in [-0.3, -0.25) is 9.59 Å². The van der Waals surface area contributed by atoms with Crippen molar-refractivity contribution in [3.05, 3.63) is 59.8 Å². The van der Waals surface area contributed by atoms with Crippen LogP contribution in [0.3, 0.4) is 0 Å². The maximum atomic E-state index is 13.4. The molecule has 0 unspecified atom stereocenters. The summed E-state index contributed by atoms with van der Waals surface area (Å²) in [6.45, 7) is 4.22. The molecule has 1 heterocycles. The molecule has 1 fully saturated rings. The van der Waals surface area contributed by atoms with Crippen LogP contribution in [0.1, 0.15) is 63.2 Å². The summed E-state index contributed by atoms with van der Waals surface area (Å²) in [4.78, 5) is 29.8. The average Bonchev–Trinajstić information content (AvgIpc) is 3.55. The minimum Gasteiger partial charge on any atom is -0.467 e. The summed E-state index contributed by atoms with van der Waals surface area (Å²) < 4.78 is 24.3. The molecule has 2 aromatic rings. The van der Waals surface area contributed by atoms with E-state index >= 15 is 0 Å². The van der Waals surface area contributed by atoms with E-state index in [1.807, 2.05) is 13.0 Å². The molecule has 34 heavy (non-hydrogen) atoms. The van der Waals surface area contributed by atoms with E-state index in [1.54, 1.807) is 34.3 Å². The smallest absolute Gasteiger partial charge is 0.242 e. The largest absolute Gasteiger partial charge is 0.467 e. The Morgan fingerprint density at radius 1 is 1.06 bits per heavy atom. The second-order valence-corrected chi connectivity index (χ2v) is 9.01. The van der Waals surface area contributed by atoms with E-state index in [0.29, 0.717) is 50.8 Å². The predicted octanol–water partition coefficient (Wildman–Crippen LogP) is 5.17. The summed E-state index contributed by atoms with van der Waals surface area (Å²) in [5.41, 5.74) is 0.816. The molecule has 186 valence electrons. The van der Waals surface area contributed by atoms with Crippen LogP contribution in [-0.2, 0) is 27.4 Å². The van der Waals surface area contributed by atoms with Crippen molar-refractivity contribution in [2.75, 3.05) is 26.3 Å². The quantitative estimate of drug-likeness (QED) is 0.356. The monoisotopic (exact) mass is 472 g/mol. The third kappa shape index (κ3) is 8.60. The van der Waals surface area contributed by atoms with Crippen molar-refractivity contribution in [1.29, 1.82) is 0 Å². The molecular formula is C27H37FN2O4. The lowest BCUT2D eigenvalue weighted by atomic mass is 10.0. The van der Waals surface area contributed by atoms with Gasteiger partial charge in [0.15, 0.2) is 0 Å². The number of rotatable bonds is 14. The summed E-state index contributed by atoms with van der Waals surface area (Å²) in [5, 5.41) is 0. The number of nitrogens with zero attached hydrogens (tertiary/aromatic N) is 2. The van der Waals surface area contributed by atoms with Gasteiger partial charge in [-0.2, -0.15) is 0 Å². The number of furan rings is 1. The standard InChI is InChI=1S/C27H37FN2O4/c1-2-33-17-6-16-29(26(31)15-12-22-7-3-4-8-22)21-27(32)30(20-25-9-5-18-34-25)19-23-10-13-24(28)14-11-23/h5,9-11,13-14,18,22H,2-4,6-8,12,15-17,19-21H2,1H3. The Kier molecular flexibility index (Phi) is 10.6. The minimum atomic E-state index is -0.319. The highest BCUT2D eigenvalue weighted by atomic mass is 19.1. The topological polar surface area (TPSA) is 63.0 Å². The first-order valence-electron chi connectivity index (χ1n) is 12.4. The van der Waals surface area contributed by atoms with Crippen molar-refractivity contribution in [3.63, 3.8) is 0 Å². The third-order valence-electron chi connectivity index (χ3n) is 6.41. The van der Waals surface area contributed by atoms with Gasteiger partial charge in [0, 0.05) is 32.7 Å². The Balaban J connectivity index is 1.66. The van der Waals surface area contributed by atoms with Crippen LogP contribution in [0.15, 0.2) is 47.1 Å². The molecule has 0 aliphatic heterocycles. The first-order chi connectivity index (χ1) is 16.5. The number of amides is 2. The number of hydrogen-bond acceptors (Lipinski definition) is 4. The molecule has 1 aromatic carbocycles. The van der Waals surface area contributed by atoms with Crippen LogP contribution in [0, 0.1) is 11.7 Å². The van der Waals surface area contributed by atoms with Crippen molar-refractivity contribution in [3.8, 4) is 0 Å². The zero-order valence-electron chi connectivity index (χ0n) is 20.2. The Bertz CT molecular complexity index is 863. The van der Waals surface area contributed by atoms with Gasteiger partial charge in [0.25, 0.3) is 0 Å². The van der Waals surface area contributed by atoms with Gasteiger partial charge in [0.2, 0.25) is 11.8 Å². The van der Waals surface area contributed by atoms with Crippen LogP contribution < -0.4 is 0 Å². The fraction of sp³-hybridized carbons (Fsp3) is 0.556. The lowest BCUT2D eigenvalue weighted by Crippen LogP contribution is -2.43. The zero-order valence-corrected chi connectivity index (χ0v) is 20.2. The van der Waals surface area contributed by atoms with Crippen molar-refractivity contribution in [2.45, 2.75) is 65.0 Å². The Morgan fingerprint density at radius 3 is 2.50 bits per heavy atom. The Morgan fingerprint density at radius 2 is 1.82 bits per heavy atom. The zero-order chi connectivity index (χ0) is 24.2. The molecule has 1 aliphatic rings. The van der Waals surface area contributed by atoms with E-state index in [1.165, 1.54) is 37.8 Å². The lowest BCUT2D eigenvalue weighted by molar-refractivity contribution is -0.141. The normalized spacial score (nSPS) is 13.8. The molecule has 0 radical (unpaired) electrons. The molecule has 2 amide bonds.